The Hall–Kier alpha value is -3.10. The molecule has 4 rings (SSSR count). The molecule has 2 amide bonds. The minimum Gasteiger partial charge on any atom is -0.496 e. The van der Waals surface area contributed by atoms with Gasteiger partial charge in [0.25, 0.3) is 5.91 Å². The lowest BCUT2D eigenvalue weighted by molar-refractivity contribution is -0.128. The number of ether oxygens (including phenoxy) is 1. The Kier molecular flexibility index (Phi) is 6.39. The molecular weight excluding hydrogens is 430 g/mol. The van der Waals surface area contributed by atoms with E-state index in [0.29, 0.717) is 27.9 Å². The first kappa shape index (κ1) is 21.1. The van der Waals surface area contributed by atoms with E-state index in [-0.39, 0.29) is 18.4 Å². The molecule has 0 saturated carbocycles. The maximum absolute atomic E-state index is 12.8. The van der Waals surface area contributed by atoms with Crippen molar-refractivity contribution < 1.29 is 14.3 Å². The molecule has 3 aromatic rings. The molecule has 1 aliphatic rings. The molecule has 2 aromatic carbocycles. The summed E-state index contributed by atoms with van der Waals surface area (Å²) in [5, 5.41) is 4.03. The predicted molar refractivity (Wildman–Crippen MR) is 128 cm³/mol. The van der Waals surface area contributed by atoms with Crippen LogP contribution in [0.1, 0.15) is 11.1 Å². The van der Waals surface area contributed by atoms with Crippen LogP contribution in [0.5, 0.6) is 5.75 Å². The molecule has 1 aliphatic heterocycles. The molecule has 0 spiro atoms. The van der Waals surface area contributed by atoms with Crippen molar-refractivity contribution in [2.24, 2.45) is 0 Å². The molecular formula is C23H21N3O3S2. The third-order valence-corrected chi connectivity index (χ3v) is 6.37. The second kappa shape index (κ2) is 9.36. The first-order valence-corrected chi connectivity index (χ1v) is 11.0. The molecule has 0 radical (unpaired) electrons. The van der Waals surface area contributed by atoms with Gasteiger partial charge in [-0.25, -0.2) is 0 Å². The highest BCUT2D eigenvalue weighted by atomic mass is 32.2. The van der Waals surface area contributed by atoms with Gasteiger partial charge in [-0.05, 0) is 30.2 Å². The maximum atomic E-state index is 12.8. The summed E-state index contributed by atoms with van der Waals surface area (Å²) in [4.78, 5) is 30.3. The molecule has 2 heterocycles. The van der Waals surface area contributed by atoms with E-state index in [1.54, 1.807) is 13.2 Å². The van der Waals surface area contributed by atoms with Crippen LogP contribution < -0.4 is 10.1 Å². The average molecular weight is 452 g/mol. The fraction of sp³-hybridized carbons (Fsp3) is 0.174. The van der Waals surface area contributed by atoms with Gasteiger partial charge < -0.3 is 15.0 Å². The van der Waals surface area contributed by atoms with Crippen molar-refractivity contribution in [3.05, 3.63) is 70.8 Å². The van der Waals surface area contributed by atoms with Gasteiger partial charge in [-0.3, -0.25) is 14.5 Å². The number of methoxy groups -OCH3 is 1. The van der Waals surface area contributed by atoms with Crippen LogP contribution in [0, 0.1) is 0 Å². The summed E-state index contributed by atoms with van der Waals surface area (Å²) in [5.41, 5.74) is 3.00. The lowest BCUT2D eigenvalue weighted by Crippen LogP contribution is -2.40. The topological polar surface area (TPSA) is 74.4 Å². The van der Waals surface area contributed by atoms with Crippen LogP contribution in [0.3, 0.4) is 0 Å². The Bertz CT molecular complexity index is 1190. The fourth-order valence-corrected chi connectivity index (χ4v) is 4.68. The van der Waals surface area contributed by atoms with Gasteiger partial charge >= 0.3 is 0 Å². The smallest absolute Gasteiger partial charge is 0.266 e. The summed E-state index contributed by atoms with van der Waals surface area (Å²) in [7, 11) is 1.58. The summed E-state index contributed by atoms with van der Waals surface area (Å²) in [6.07, 6.45) is 4.40. The molecule has 31 heavy (non-hydrogen) atoms. The van der Waals surface area contributed by atoms with E-state index in [2.05, 4.69) is 16.4 Å². The van der Waals surface area contributed by atoms with Gasteiger partial charge in [0.15, 0.2) is 0 Å². The zero-order valence-electron chi connectivity index (χ0n) is 16.9. The van der Waals surface area contributed by atoms with Crippen LogP contribution in [0.15, 0.2) is 59.6 Å². The zero-order valence-corrected chi connectivity index (χ0v) is 18.5. The van der Waals surface area contributed by atoms with Crippen molar-refractivity contribution in [1.29, 1.82) is 0 Å². The van der Waals surface area contributed by atoms with Gasteiger partial charge in [0.05, 0.1) is 12.0 Å². The highest BCUT2D eigenvalue weighted by molar-refractivity contribution is 8.26. The summed E-state index contributed by atoms with van der Waals surface area (Å²) in [6, 6.07) is 15.5. The number of benzene rings is 2. The van der Waals surface area contributed by atoms with Crippen LogP contribution in [-0.2, 0) is 16.0 Å². The number of carbonyl (C=O) groups excluding carboxylic acids is 2. The Balaban J connectivity index is 1.35. The Morgan fingerprint density at radius 2 is 2.00 bits per heavy atom. The lowest BCUT2D eigenvalue weighted by Gasteiger charge is -2.14. The quantitative estimate of drug-likeness (QED) is 0.423. The molecule has 1 saturated heterocycles. The van der Waals surface area contributed by atoms with Crippen LogP contribution in [0.2, 0.25) is 0 Å². The lowest BCUT2D eigenvalue weighted by atomic mass is 10.1. The van der Waals surface area contributed by atoms with E-state index in [9.17, 15) is 9.59 Å². The number of H-pyrrole nitrogens is 1. The van der Waals surface area contributed by atoms with Crippen LogP contribution in [0.25, 0.3) is 17.0 Å². The van der Waals surface area contributed by atoms with Crippen LogP contribution in [-0.4, -0.2) is 46.2 Å². The normalized spacial score (nSPS) is 15.1. The number of para-hydroxylation sites is 2. The van der Waals surface area contributed by atoms with Gasteiger partial charge in [0.1, 0.15) is 16.6 Å². The van der Waals surface area contributed by atoms with Crippen molar-refractivity contribution in [2.75, 3.05) is 20.2 Å². The van der Waals surface area contributed by atoms with Gasteiger partial charge in [-0.1, -0.05) is 60.4 Å². The van der Waals surface area contributed by atoms with E-state index >= 15 is 0 Å². The van der Waals surface area contributed by atoms with Crippen LogP contribution >= 0.6 is 24.0 Å². The number of amides is 2. The molecule has 8 heteroatoms. The minimum absolute atomic E-state index is 0.0954. The number of fused-ring (bicyclic) bond motifs is 1. The summed E-state index contributed by atoms with van der Waals surface area (Å²) >= 11 is 6.52. The molecule has 1 fully saturated rings. The highest BCUT2D eigenvalue weighted by Crippen LogP contribution is 2.34. The number of aromatic nitrogens is 1. The summed E-state index contributed by atoms with van der Waals surface area (Å²) in [6.45, 7) is 0.383. The molecule has 158 valence electrons. The standard InChI is InChI=1S/C23H21N3O3S2/c1-29-19-9-5-2-6-15(19)12-20-22(28)26(23(30)31-20)14-21(27)24-11-10-16-13-25-18-8-4-3-7-17(16)18/h2-9,12-13,25H,10-11,14H2,1H3,(H,24,27). The Morgan fingerprint density at radius 3 is 2.84 bits per heavy atom. The number of aromatic amines is 1. The second-order valence-electron chi connectivity index (χ2n) is 6.97. The highest BCUT2D eigenvalue weighted by Gasteiger charge is 2.33. The number of nitrogens with zero attached hydrogens (tertiary/aromatic N) is 1. The van der Waals surface area contributed by atoms with Gasteiger partial charge in [0.2, 0.25) is 5.91 Å². The SMILES string of the molecule is COc1ccccc1C=C1SC(=S)N(CC(=O)NCCc2c[nH]c3ccccc23)C1=O. The molecule has 1 aromatic heterocycles. The van der Waals surface area contributed by atoms with Crippen molar-refractivity contribution in [3.8, 4) is 5.75 Å². The fourth-order valence-electron chi connectivity index (χ4n) is 3.44. The van der Waals surface area contributed by atoms with E-state index in [1.807, 2.05) is 48.7 Å². The third kappa shape index (κ3) is 4.65. The predicted octanol–water partition coefficient (Wildman–Crippen LogP) is 3.74. The van der Waals surface area contributed by atoms with Crippen LogP contribution in [0.4, 0.5) is 0 Å². The number of nitrogens with one attached hydrogen (secondary N) is 2. The molecule has 0 unspecified atom stereocenters. The molecule has 6 nitrogen and oxygen atoms in total. The molecule has 0 aliphatic carbocycles. The number of rotatable bonds is 7. The van der Waals surface area contributed by atoms with Gasteiger partial charge in [-0.15, -0.1) is 0 Å². The van der Waals surface area contributed by atoms with Crippen molar-refractivity contribution >= 4 is 57.1 Å². The largest absolute Gasteiger partial charge is 0.496 e. The van der Waals surface area contributed by atoms with Crippen molar-refractivity contribution in [3.63, 3.8) is 0 Å². The van der Waals surface area contributed by atoms with E-state index < -0.39 is 0 Å². The summed E-state index contributed by atoms with van der Waals surface area (Å²) in [5.74, 6) is 0.158. The van der Waals surface area contributed by atoms with Gasteiger partial charge in [0, 0.05) is 29.2 Å². The molecule has 2 N–H and O–H groups in total. The molecule has 0 bridgehead atoms. The number of hydrogen-bond acceptors (Lipinski definition) is 5. The van der Waals surface area contributed by atoms with Crippen molar-refractivity contribution in [1.82, 2.24) is 15.2 Å². The minimum atomic E-state index is -0.271. The Morgan fingerprint density at radius 1 is 1.23 bits per heavy atom. The summed E-state index contributed by atoms with van der Waals surface area (Å²) < 4.78 is 5.71. The average Bonchev–Trinajstić information content (AvgIpc) is 3.30. The first-order chi connectivity index (χ1) is 15.1. The number of hydrogen-bond donors (Lipinski definition) is 2. The van der Waals surface area contributed by atoms with E-state index in [1.165, 1.54) is 16.7 Å². The number of carbonyl (C=O) groups is 2. The zero-order chi connectivity index (χ0) is 21.8. The number of thioether (sulfide) groups is 1. The van der Waals surface area contributed by atoms with Crippen molar-refractivity contribution in [2.45, 2.75) is 6.42 Å². The van der Waals surface area contributed by atoms with Gasteiger partial charge in [-0.2, -0.15) is 0 Å². The maximum Gasteiger partial charge on any atom is 0.266 e. The van der Waals surface area contributed by atoms with E-state index in [4.69, 9.17) is 17.0 Å². The second-order valence-corrected chi connectivity index (χ2v) is 8.65. The monoisotopic (exact) mass is 451 g/mol. The first-order valence-electron chi connectivity index (χ1n) is 9.77. The third-order valence-electron chi connectivity index (χ3n) is 4.99. The van der Waals surface area contributed by atoms with E-state index in [0.717, 1.165) is 22.0 Å². The Labute approximate surface area is 189 Å². The number of thiocarbonyl (C=S) groups is 1. The molecule has 0 atom stereocenters.